The van der Waals surface area contributed by atoms with E-state index in [9.17, 15) is 16.8 Å². The van der Waals surface area contributed by atoms with Crippen LogP contribution in [0.15, 0.2) is 59.5 Å². The normalized spacial score (nSPS) is 20.0. The molecule has 2 aromatic carbocycles. The Bertz CT molecular complexity index is 926. The van der Waals surface area contributed by atoms with Gasteiger partial charge < -0.3 is 0 Å². The van der Waals surface area contributed by atoms with E-state index in [4.69, 9.17) is 11.6 Å². The highest BCUT2D eigenvalue weighted by Crippen LogP contribution is 2.31. The molecule has 1 aliphatic rings. The van der Waals surface area contributed by atoms with Gasteiger partial charge in [-0.2, -0.15) is 0 Å². The van der Waals surface area contributed by atoms with Crippen molar-refractivity contribution in [3.63, 3.8) is 0 Å². The van der Waals surface area contributed by atoms with E-state index in [-0.39, 0.29) is 22.8 Å². The molecule has 0 aliphatic carbocycles. The Morgan fingerprint density at radius 1 is 1.00 bits per heavy atom. The molecule has 1 saturated heterocycles. The fourth-order valence-corrected chi connectivity index (χ4v) is 6.40. The van der Waals surface area contributed by atoms with E-state index in [1.807, 2.05) is 0 Å². The first kappa shape index (κ1) is 17.3. The van der Waals surface area contributed by atoms with E-state index in [2.05, 4.69) is 0 Å². The highest BCUT2D eigenvalue weighted by molar-refractivity contribution is 7.93. The van der Waals surface area contributed by atoms with Crippen LogP contribution in [0.2, 0.25) is 5.02 Å². The third-order valence-electron chi connectivity index (χ3n) is 3.92. The summed E-state index contributed by atoms with van der Waals surface area (Å²) in [7, 11) is -7.12. The minimum absolute atomic E-state index is 0.00284. The number of hydrogen-bond acceptors (Lipinski definition) is 4. The fraction of sp³-hybridized carbons (Fsp3) is 0.250. The second-order valence-corrected chi connectivity index (χ2v) is 10.1. The van der Waals surface area contributed by atoms with E-state index in [0.29, 0.717) is 10.7 Å². The molecule has 1 atom stereocenters. The highest BCUT2D eigenvalue weighted by atomic mass is 35.5. The quantitative estimate of drug-likeness (QED) is 0.811. The number of benzene rings is 2. The van der Waals surface area contributed by atoms with Crippen LogP contribution in [0.25, 0.3) is 0 Å². The van der Waals surface area contributed by atoms with Crippen LogP contribution in [0.4, 0.5) is 5.69 Å². The van der Waals surface area contributed by atoms with Gasteiger partial charge in [0.05, 0.1) is 28.1 Å². The van der Waals surface area contributed by atoms with Crippen molar-refractivity contribution in [1.82, 2.24) is 0 Å². The predicted molar refractivity (Wildman–Crippen MR) is 94.6 cm³/mol. The number of sulfonamides is 1. The molecule has 0 unspecified atom stereocenters. The number of hydrogen-bond donors (Lipinski definition) is 0. The molecule has 8 heteroatoms. The van der Waals surface area contributed by atoms with Crippen LogP contribution >= 0.6 is 11.6 Å². The lowest BCUT2D eigenvalue weighted by Gasteiger charge is -2.29. The molecule has 128 valence electrons. The number of sulfone groups is 1. The Hall–Kier alpha value is -1.57. The zero-order valence-electron chi connectivity index (χ0n) is 12.7. The fourth-order valence-electron chi connectivity index (χ4n) is 2.80. The maximum Gasteiger partial charge on any atom is 0.264 e. The van der Waals surface area contributed by atoms with E-state index < -0.39 is 25.9 Å². The van der Waals surface area contributed by atoms with Gasteiger partial charge in [0.25, 0.3) is 10.0 Å². The lowest BCUT2D eigenvalue weighted by molar-refractivity contribution is 0.580. The Kier molecular flexibility index (Phi) is 4.59. The molecule has 0 aromatic heterocycles. The third kappa shape index (κ3) is 3.43. The molecule has 0 bridgehead atoms. The summed E-state index contributed by atoms with van der Waals surface area (Å²) >= 11 is 5.84. The van der Waals surface area contributed by atoms with E-state index in [1.165, 1.54) is 28.6 Å². The number of nitrogens with zero attached hydrogens (tertiary/aromatic N) is 1. The lowest BCUT2D eigenvalue weighted by atomic mass is 10.2. The van der Waals surface area contributed by atoms with Crippen molar-refractivity contribution in [1.29, 1.82) is 0 Å². The lowest BCUT2D eigenvalue weighted by Crippen LogP contribution is -2.41. The Balaban J connectivity index is 2.09. The Morgan fingerprint density at radius 3 is 2.17 bits per heavy atom. The van der Waals surface area contributed by atoms with Gasteiger partial charge in [-0.05, 0) is 42.8 Å². The Labute approximate surface area is 146 Å². The van der Waals surface area contributed by atoms with Crippen molar-refractivity contribution in [2.24, 2.45) is 0 Å². The largest absolute Gasteiger partial charge is 0.264 e. The van der Waals surface area contributed by atoms with Crippen LogP contribution in [0, 0.1) is 0 Å². The van der Waals surface area contributed by atoms with Gasteiger partial charge in [-0.25, -0.2) is 16.8 Å². The maximum absolute atomic E-state index is 13.1. The summed E-state index contributed by atoms with van der Waals surface area (Å²) in [6.45, 7) is 0. The summed E-state index contributed by atoms with van der Waals surface area (Å²) in [6.07, 6.45) is 0.282. The molecule has 0 N–H and O–H groups in total. The third-order valence-corrected chi connectivity index (χ3v) is 7.82. The summed E-state index contributed by atoms with van der Waals surface area (Å²) in [4.78, 5) is 0.0834. The molecule has 2 aromatic rings. The zero-order chi connectivity index (χ0) is 17.4. The summed E-state index contributed by atoms with van der Waals surface area (Å²) in [6, 6.07) is 13.8. The molecule has 3 rings (SSSR count). The van der Waals surface area contributed by atoms with E-state index in [0.717, 1.165) is 0 Å². The van der Waals surface area contributed by atoms with Gasteiger partial charge in [-0.1, -0.05) is 29.8 Å². The molecule has 0 amide bonds. The first-order valence-corrected chi connectivity index (χ1v) is 11.0. The predicted octanol–water partition coefficient (Wildman–Crippen LogP) is 2.72. The van der Waals surface area contributed by atoms with Gasteiger partial charge >= 0.3 is 0 Å². The van der Waals surface area contributed by atoms with Crippen LogP contribution in [0.3, 0.4) is 0 Å². The number of para-hydroxylation sites is 1. The van der Waals surface area contributed by atoms with Gasteiger partial charge in [0.15, 0.2) is 9.84 Å². The minimum atomic E-state index is -3.89. The van der Waals surface area contributed by atoms with Crippen LogP contribution in [-0.4, -0.2) is 34.4 Å². The molecule has 0 spiro atoms. The smallest absolute Gasteiger partial charge is 0.262 e. The van der Waals surface area contributed by atoms with Crippen molar-refractivity contribution < 1.29 is 16.8 Å². The second kappa shape index (κ2) is 6.38. The SMILES string of the molecule is O=S1(=O)CC[C@H](N(c2ccccc2)S(=O)(=O)c2ccc(Cl)cc2)C1. The van der Waals surface area contributed by atoms with Crippen LogP contribution in [0.1, 0.15) is 6.42 Å². The summed E-state index contributed by atoms with van der Waals surface area (Å²) in [5.41, 5.74) is 0.453. The van der Waals surface area contributed by atoms with Crippen LogP contribution in [0.5, 0.6) is 0 Å². The molecule has 0 saturated carbocycles. The van der Waals surface area contributed by atoms with Crippen molar-refractivity contribution in [2.45, 2.75) is 17.4 Å². The van der Waals surface area contributed by atoms with E-state index >= 15 is 0 Å². The molecule has 24 heavy (non-hydrogen) atoms. The van der Waals surface area contributed by atoms with Crippen LogP contribution in [-0.2, 0) is 19.9 Å². The molecule has 5 nitrogen and oxygen atoms in total. The molecule has 1 aliphatic heterocycles. The first-order chi connectivity index (χ1) is 11.3. The first-order valence-electron chi connectivity index (χ1n) is 7.35. The Morgan fingerprint density at radius 2 is 1.62 bits per heavy atom. The van der Waals surface area contributed by atoms with Crippen molar-refractivity contribution in [2.75, 3.05) is 15.8 Å². The number of anilines is 1. The van der Waals surface area contributed by atoms with Crippen LogP contribution < -0.4 is 4.31 Å². The van der Waals surface area contributed by atoms with Crippen molar-refractivity contribution in [3.05, 3.63) is 59.6 Å². The summed E-state index contributed by atoms with van der Waals surface area (Å²) < 4.78 is 51.2. The summed E-state index contributed by atoms with van der Waals surface area (Å²) in [5, 5.41) is 0.434. The summed E-state index contributed by atoms with van der Waals surface area (Å²) in [5.74, 6) is -0.175. The van der Waals surface area contributed by atoms with Gasteiger partial charge in [0.1, 0.15) is 0 Å². The van der Waals surface area contributed by atoms with Gasteiger partial charge in [0, 0.05) is 5.02 Å². The maximum atomic E-state index is 13.1. The highest BCUT2D eigenvalue weighted by Gasteiger charge is 2.38. The zero-order valence-corrected chi connectivity index (χ0v) is 15.1. The monoisotopic (exact) mass is 385 g/mol. The topological polar surface area (TPSA) is 71.5 Å². The molecule has 1 heterocycles. The standard InChI is InChI=1S/C16H16ClNO4S2/c17-13-6-8-16(9-7-13)24(21,22)18(14-4-2-1-3-5-14)15-10-11-23(19,20)12-15/h1-9,15H,10-12H2/t15-/m0/s1. The minimum Gasteiger partial charge on any atom is -0.262 e. The van der Waals surface area contributed by atoms with Gasteiger partial charge in [0.2, 0.25) is 0 Å². The van der Waals surface area contributed by atoms with Gasteiger partial charge in [-0.15, -0.1) is 0 Å². The number of rotatable bonds is 4. The second-order valence-electron chi connectivity index (χ2n) is 5.65. The average Bonchev–Trinajstić information content (AvgIpc) is 2.88. The van der Waals surface area contributed by atoms with Crippen molar-refractivity contribution >= 4 is 37.1 Å². The average molecular weight is 386 g/mol. The number of halogens is 1. The molecular formula is C16H16ClNO4S2. The molecule has 0 radical (unpaired) electrons. The van der Waals surface area contributed by atoms with Gasteiger partial charge in [-0.3, -0.25) is 4.31 Å². The van der Waals surface area contributed by atoms with E-state index in [1.54, 1.807) is 30.3 Å². The molecular weight excluding hydrogens is 370 g/mol. The van der Waals surface area contributed by atoms with Crippen molar-refractivity contribution in [3.8, 4) is 0 Å². The molecule has 1 fully saturated rings.